The molecule has 0 aromatic heterocycles. The van der Waals surface area contributed by atoms with Crippen molar-refractivity contribution in [2.24, 2.45) is 0 Å². The fourth-order valence-corrected chi connectivity index (χ4v) is 1.69. The molecule has 0 bridgehead atoms. The molecule has 2 N–H and O–H groups in total. The highest BCUT2D eigenvalue weighted by atomic mass is 19.1. The van der Waals surface area contributed by atoms with Gasteiger partial charge in [0.1, 0.15) is 5.82 Å². The molecule has 18 heavy (non-hydrogen) atoms. The van der Waals surface area contributed by atoms with Crippen molar-refractivity contribution in [3.8, 4) is 0 Å². The summed E-state index contributed by atoms with van der Waals surface area (Å²) in [6, 6.07) is 5.14. The van der Waals surface area contributed by atoms with Crippen LogP contribution in [0.3, 0.4) is 0 Å². The van der Waals surface area contributed by atoms with E-state index in [4.69, 9.17) is 5.11 Å². The van der Waals surface area contributed by atoms with Crippen LogP contribution < -0.4 is 5.32 Å². The zero-order valence-corrected chi connectivity index (χ0v) is 10.1. The summed E-state index contributed by atoms with van der Waals surface area (Å²) in [6.07, 6.45) is 1.13. The molecule has 98 valence electrons. The molecule has 0 spiro atoms. The van der Waals surface area contributed by atoms with Gasteiger partial charge in [-0.05, 0) is 18.6 Å². The number of rotatable bonds is 6. The summed E-state index contributed by atoms with van der Waals surface area (Å²) in [7, 11) is 0. The molecule has 1 rings (SSSR count). The SMILES string of the molecule is CCCC(CC(=O)O)NC(=O)c1ccccc1F. The second kappa shape index (κ2) is 6.74. The van der Waals surface area contributed by atoms with Crippen LogP contribution in [0.2, 0.25) is 0 Å². The first-order chi connectivity index (χ1) is 8.54. The molecular formula is C13H16FNO3. The van der Waals surface area contributed by atoms with E-state index < -0.39 is 23.7 Å². The lowest BCUT2D eigenvalue weighted by molar-refractivity contribution is -0.137. The molecule has 0 radical (unpaired) electrons. The molecule has 4 nitrogen and oxygen atoms in total. The van der Waals surface area contributed by atoms with E-state index in [2.05, 4.69) is 5.32 Å². The Balaban J connectivity index is 2.72. The molecule has 1 atom stereocenters. The van der Waals surface area contributed by atoms with Crippen LogP contribution in [0.25, 0.3) is 0 Å². The van der Waals surface area contributed by atoms with E-state index in [0.29, 0.717) is 6.42 Å². The van der Waals surface area contributed by atoms with Crippen LogP contribution in [0.1, 0.15) is 36.5 Å². The number of halogens is 1. The van der Waals surface area contributed by atoms with Crippen LogP contribution in [0, 0.1) is 5.82 Å². The van der Waals surface area contributed by atoms with Crippen LogP contribution in [-0.4, -0.2) is 23.0 Å². The van der Waals surface area contributed by atoms with E-state index in [1.165, 1.54) is 18.2 Å². The highest BCUT2D eigenvalue weighted by Gasteiger charge is 2.17. The van der Waals surface area contributed by atoms with Crippen LogP contribution >= 0.6 is 0 Å². The van der Waals surface area contributed by atoms with Gasteiger partial charge in [0.05, 0.1) is 12.0 Å². The fraction of sp³-hybridized carbons (Fsp3) is 0.385. The molecule has 0 fully saturated rings. The van der Waals surface area contributed by atoms with E-state index in [1.807, 2.05) is 6.92 Å². The Morgan fingerprint density at radius 2 is 2.06 bits per heavy atom. The number of amides is 1. The highest BCUT2D eigenvalue weighted by Crippen LogP contribution is 2.08. The van der Waals surface area contributed by atoms with Gasteiger partial charge >= 0.3 is 5.97 Å². The van der Waals surface area contributed by atoms with Crippen LogP contribution in [0.5, 0.6) is 0 Å². The smallest absolute Gasteiger partial charge is 0.305 e. The van der Waals surface area contributed by atoms with E-state index in [0.717, 1.165) is 6.42 Å². The third-order valence-electron chi connectivity index (χ3n) is 2.51. The molecule has 0 aliphatic rings. The van der Waals surface area contributed by atoms with Gasteiger partial charge in [-0.1, -0.05) is 25.5 Å². The molecule has 0 saturated carbocycles. The fourth-order valence-electron chi connectivity index (χ4n) is 1.69. The predicted octanol–water partition coefficient (Wildman–Crippen LogP) is 2.20. The summed E-state index contributed by atoms with van der Waals surface area (Å²) >= 11 is 0. The summed E-state index contributed by atoms with van der Waals surface area (Å²) in [5.41, 5.74) is -0.0657. The molecule has 0 aliphatic carbocycles. The molecule has 0 saturated heterocycles. The van der Waals surface area contributed by atoms with E-state index in [1.54, 1.807) is 6.07 Å². The van der Waals surface area contributed by atoms with Crippen molar-refractivity contribution in [1.82, 2.24) is 5.32 Å². The van der Waals surface area contributed by atoms with Gasteiger partial charge in [0.15, 0.2) is 0 Å². The lowest BCUT2D eigenvalue weighted by Gasteiger charge is -2.16. The molecule has 0 heterocycles. The Morgan fingerprint density at radius 1 is 1.39 bits per heavy atom. The standard InChI is InChI=1S/C13H16FNO3/c1-2-5-9(8-12(16)17)15-13(18)10-6-3-4-7-11(10)14/h3-4,6-7,9H,2,5,8H2,1H3,(H,15,18)(H,16,17). The van der Waals surface area contributed by atoms with Gasteiger partial charge in [0, 0.05) is 6.04 Å². The van der Waals surface area contributed by atoms with Gasteiger partial charge in [-0.15, -0.1) is 0 Å². The minimum Gasteiger partial charge on any atom is -0.481 e. The quantitative estimate of drug-likeness (QED) is 0.816. The summed E-state index contributed by atoms with van der Waals surface area (Å²) in [5.74, 6) is -2.17. The number of carboxylic acid groups (broad SMARTS) is 1. The molecular weight excluding hydrogens is 237 g/mol. The van der Waals surface area contributed by atoms with Gasteiger partial charge in [-0.3, -0.25) is 9.59 Å². The minimum atomic E-state index is -0.984. The third-order valence-corrected chi connectivity index (χ3v) is 2.51. The Hall–Kier alpha value is -1.91. The minimum absolute atomic E-state index is 0.0657. The number of hydrogen-bond acceptors (Lipinski definition) is 2. The average Bonchev–Trinajstić information content (AvgIpc) is 2.28. The third kappa shape index (κ3) is 4.16. The van der Waals surface area contributed by atoms with Crippen molar-refractivity contribution < 1.29 is 19.1 Å². The number of carbonyl (C=O) groups is 2. The van der Waals surface area contributed by atoms with Gasteiger partial charge in [-0.25, -0.2) is 4.39 Å². The van der Waals surface area contributed by atoms with Crippen molar-refractivity contribution in [2.75, 3.05) is 0 Å². The summed E-state index contributed by atoms with van der Waals surface area (Å²) in [6.45, 7) is 1.89. The average molecular weight is 253 g/mol. The Bertz CT molecular complexity index is 434. The van der Waals surface area contributed by atoms with Crippen molar-refractivity contribution in [3.05, 3.63) is 35.6 Å². The van der Waals surface area contributed by atoms with Gasteiger partial charge < -0.3 is 10.4 Å². The highest BCUT2D eigenvalue weighted by molar-refractivity contribution is 5.94. The van der Waals surface area contributed by atoms with E-state index in [-0.39, 0.29) is 12.0 Å². The zero-order valence-electron chi connectivity index (χ0n) is 10.1. The van der Waals surface area contributed by atoms with Crippen LogP contribution in [0.15, 0.2) is 24.3 Å². The molecule has 1 aromatic carbocycles. The summed E-state index contributed by atoms with van der Waals surface area (Å²) in [5, 5.41) is 11.3. The predicted molar refractivity (Wildman–Crippen MR) is 64.8 cm³/mol. The van der Waals surface area contributed by atoms with Crippen molar-refractivity contribution in [1.29, 1.82) is 0 Å². The maximum Gasteiger partial charge on any atom is 0.305 e. The lowest BCUT2D eigenvalue weighted by Crippen LogP contribution is -2.36. The number of carbonyl (C=O) groups excluding carboxylic acids is 1. The zero-order chi connectivity index (χ0) is 13.5. The van der Waals surface area contributed by atoms with Crippen molar-refractivity contribution in [2.45, 2.75) is 32.2 Å². The van der Waals surface area contributed by atoms with Gasteiger partial charge in [0.2, 0.25) is 0 Å². The van der Waals surface area contributed by atoms with Gasteiger partial charge in [-0.2, -0.15) is 0 Å². The number of carboxylic acids is 1. The molecule has 5 heteroatoms. The largest absolute Gasteiger partial charge is 0.481 e. The normalized spacial score (nSPS) is 11.9. The summed E-state index contributed by atoms with van der Waals surface area (Å²) in [4.78, 5) is 22.4. The van der Waals surface area contributed by atoms with Gasteiger partial charge in [0.25, 0.3) is 5.91 Å². The topological polar surface area (TPSA) is 66.4 Å². The first-order valence-corrected chi connectivity index (χ1v) is 5.81. The maximum atomic E-state index is 13.4. The Labute approximate surface area is 105 Å². The lowest BCUT2D eigenvalue weighted by atomic mass is 10.1. The Kier molecular flexibility index (Phi) is 5.30. The van der Waals surface area contributed by atoms with E-state index in [9.17, 15) is 14.0 Å². The summed E-state index contributed by atoms with van der Waals surface area (Å²) < 4.78 is 13.4. The van der Waals surface area contributed by atoms with Crippen molar-refractivity contribution >= 4 is 11.9 Å². The monoisotopic (exact) mass is 253 g/mol. The molecule has 1 amide bonds. The molecule has 1 aromatic rings. The first kappa shape index (κ1) is 14.2. The second-order valence-corrected chi connectivity index (χ2v) is 4.04. The van der Waals surface area contributed by atoms with Crippen molar-refractivity contribution in [3.63, 3.8) is 0 Å². The maximum absolute atomic E-state index is 13.4. The Morgan fingerprint density at radius 3 is 2.61 bits per heavy atom. The molecule has 1 unspecified atom stereocenters. The van der Waals surface area contributed by atoms with Crippen LogP contribution in [-0.2, 0) is 4.79 Å². The van der Waals surface area contributed by atoms with Crippen LogP contribution in [0.4, 0.5) is 4.39 Å². The molecule has 0 aliphatic heterocycles. The number of aliphatic carboxylic acids is 1. The van der Waals surface area contributed by atoms with E-state index >= 15 is 0 Å². The number of hydrogen-bond donors (Lipinski definition) is 2. The second-order valence-electron chi connectivity index (χ2n) is 4.04. The first-order valence-electron chi connectivity index (χ1n) is 5.81. The number of benzene rings is 1. The number of nitrogens with one attached hydrogen (secondary N) is 1.